The molecule has 0 aromatic rings. The Kier molecular flexibility index (Phi) is 6.77. The molecule has 1 fully saturated rings. The third-order valence-electron chi connectivity index (χ3n) is 2.85. The maximum atomic E-state index is 5.66. The lowest BCUT2D eigenvalue weighted by Crippen LogP contribution is -2.50. The van der Waals surface area contributed by atoms with Crippen LogP contribution in [-0.2, 0) is 9.47 Å². The molecule has 0 aromatic carbocycles. The van der Waals surface area contributed by atoms with Gasteiger partial charge < -0.3 is 19.7 Å². The zero-order chi connectivity index (χ0) is 12.7. The average Bonchev–Trinajstić information content (AvgIpc) is 2.30. The molecule has 1 aliphatic rings. The summed E-state index contributed by atoms with van der Waals surface area (Å²) in [7, 11) is 1.70. The van der Waals surface area contributed by atoms with E-state index in [2.05, 4.69) is 17.1 Å². The van der Waals surface area contributed by atoms with Gasteiger partial charge in [-0.15, -0.1) is 0 Å². The van der Waals surface area contributed by atoms with Crippen LogP contribution >= 0.6 is 12.2 Å². The van der Waals surface area contributed by atoms with Gasteiger partial charge in [-0.1, -0.05) is 0 Å². The van der Waals surface area contributed by atoms with Crippen LogP contribution < -0.4 is 5.32 Å². The SMILES string of the molecule is CCOC1CCCN(C(=S)NC(C)COC)C1. The molecule has 5 heteroatoms. The van der Waals surface area contributed by atoms with Gasteiger partial charge in [0, 0.05) is 32.8 Å². The lowest BCUT2D eigenvalue weighted by molar-refractivity contribution is 0.0231. The monoisotopic (exact) mass is 260 g/mol. The second-order valence-corrected chi connectivity index (χ2v) is 4.86. The zero-order valence-corrected chi connectivity index (χ0v) is 11.9. The molecule has 1 heterocycles. The van der Waals surface area contributed by atoms with Crippen LogP contribution in [0.2, 0.25) is 0 Å². The van der Waals surface area contributed by atoms with Gasteiger partial charge in [0.05, 0.1) is 12.7 Å². The van der Waals surface area contributed by atoms with Crippen molar-refractivity contribution in [2.45, 2.75) is 38.8 Å². The highest BCUT2D eigenvalue weighted by atomic mass is 32.1. The highest BCUT2D eigenvalue weighted by Gasteiger charge is 2.22. The van der Waals surface area contributed by atoms with Crippen LogP contribution in [0.1, 0.15) is 26.7 Å². The third-order valence-corrected chi connectivity index (χ3v) is 3.23. The van der Waals surface area contributed by atoms with E-state index < -0.39 is 0 Å². The van der Waals surface area contributed by atoms with Crippen molar-refractivity contribution in [2.75, 3.05) is 33.4 Å². The molecular formula is C12H24N2O2S. The van der Waals surface area contributed by atoms with Gasteiger partial charge in [-0.2, -0.15) is 0 Å². The van der Waals surface area contributed by atoms with Crippen molar-refractivity contribution in [3.8, 4) is 0 Å². The molecule has 0 amide bonds. The predicted octanol–water partition coefficient (Wildman–Crippen LogP) is 1.40. The second kappa shape index (κ2) is 7.84. The van der Waals surface area contributed by atoms with E-state index in [9.17, 15) is 0 Å². The van der Waals surface area contributed by atoms with Gasteiger partial charge >= 0.3 is 0 Å². The molecule has 17 heavy (non-hydrogen) atoms. The molecule has 0 saturated carbocycles. The van der Waals surface area contributed by atoms with Crippen LogP contribution in [0.3, 0.4) is 0 Å². The number of hydrogen-bond donors (Lipinski definition) is 1. The number of piperidine rings is 1. The number of thiocarbonyl (C=S) groups is 1. The first kappa shape index (κ1) is 14.7. The Bertz CT molecular complexity index is 237. The number of methoxy groups -OCH3 is 1. The van der Waals surface area contributed by atoms with Crippen molar-refractivity contribution in [2.24, 2.45) is 0 Å². The number of ether oxygens (including phenoxy) is 2. The molecule has 4 nitrogen and oxygen atoms in total. The maximum Gasteiger partial charge on any atom is 0.169 e. The largest absolute Gasteiger partial charge is 0.383 e. The van der Waals surface area contributed by atoms with Crippen molar-refractivity contribution < 1.29 is 9.47 Å². The Labute approximate surface area is 110 Å². The number of nitrogens with zero attached hydrogens (tertiary/aromatic N) is 1. The van der Waals surface area contributed by atoms with Crippen molar-refractivity contribution >= 4 is 17.3 Å². The van der Waals surface area contributed by atoms with Gasteiger partial charge in [-0.05, 0) is 38.9 Å². The minimum absolute atomic E-state index is 0.250. The summed E-state index contributed by atoms with van der Waals surface area (Å²) in [5.74, 6) is 0. The van der Waals surface area contributed by atoms with E-state index in [1.54, 1.807) is 7.11 Å². The Morgan fingerprint density at radius 2 is 2.35 bits per heavy atom. The van der Waals surface area contributed by atoms with E-state index in [0.717, 1.165) is 37.7 Å². The van der Waals surface area contributed by atoms with Crippen LogP contribution in [0.4, 0.5) is 0 Å². The zero-order valence-electron chi connectivity index (χ0n) is 11.1. The van der Waals surface area contributed by atoms with Gasteiger partial charge in [-0.25, -0.2) is 0 Å². The van der Waals surface area contributed by atoms with E-state index >= 15 is 0 Å². The molecule has 1 aliphatic heterocycles. The van der Waals surface area contributed by atoms with Gasteiger partial charge in [0.25, 0.3) is 0 Å². The summed E-state index contributed by atoms with van der Waals surface area (Å²) in [6.45, 7) is 7.48. The van der Waals surface area contributed by atoms with Crippen LogP contribution in [0.5, 0.6) is 0 Å². The van der Waals surface area contributed by atoms with E-state index in [1.807, 2.05) is 6.92 Å². The quantitative estimate of drug-likeness (QED) is 0.756. The summed E-state index contributed by atoms with van der Waals surface area (Å²) in [6, 6.07) is 0.250. The second-order valence-electron chi connectivity index (χ2n) is 4.47. The smallest absolute Gasteiger partial charge is 0.169 e. The molecular weight excluding hydrogens is 236 g/mol. The minimum Gasteiger partial charge on any atom is -0.383 e. The highest BCUT2D eigenvalue weighted by molar-refractivity contribution is 7.80. The summed E-state index contributed by atoms with van der Waals surface area (Å²) >= 11 is 5.41. The number of nitrogens with one attached hydrogen (secondary N) is 1. The normalized spacial score (nSPS) is 22.3. The molecule has 1 rings (SSSR count). The molecule has 2 atom stereocenters. The lowest BCUT2D eigenvalue weighted by atomic mass is 10.1. The number of likely N-dealkylation sites (tertiary alicyclic amines) is 1. The Morgan fingerprint density at radius 3 is 3.00 bits per heavy atom. The standard InChI is InChI=1S/C12H24N2O2S/c1-4-16-11-6-5-7-14(8-11)12(17)13-10(2)9-15-3/h10-11H,4-9H2,1-3H3,(H,13,17). The van der Waals surface area contributed by atoms with E-state index in [-0.39, 0.29) is 6.04 Å². The molecule has 1 N–H and O–H groups in total. The molecule has 2 unspecified atom stereocenters. The number of hydrogen-bond acceptors (Lipinski definition) is 3. The first-order valence-electron chi connectivity index (χ1n) is 6.33. The van der Waals surface area contributed by atoms with Crippen molar-refractivity contribution in [1.82, 2.24) is 10.2 Å². The molecule has 100 valence electrons. The van der Waals surface area contributed by atoms with Gasteiger partial charge in [0.2, 0.25) is 0 Å². The van der Waals surface area contributed by atoms with Gasteiger partial charge in [-0.3, -0.25) is 0 Å². The summed E-state index contributed by atoms with van der Waals surface area (Å²) in [4.78, 5) is 2.20. The molecule has 0 bridgehead atoms. The van der Waals surface area contributed by atoms with E-state index in [0.29, 0.717) is 12.7 Å². The van der Waals surface area contributed by atoms with Crippen molar-refractivity contribution in [3.05, 3.63) is 0 Å². The first-order chi connectivity index (χ1) is 8.17. The van der Waals surface area contributed by atoms with E-state index in [1.165, 1.54) is 0 Å². The molecule has 1 saturated heterocycles. The molecule has 0 aliphatic carbocycles. The molecule has 0 spiro atoms. The fourth-order valence-electron chi connectivity index (χ4n) is 2.09. The Hall–Kier alpha value is -0.390. The minimum atomic E-state index is 0.250. The van der Waals surface area contributed by atoms with Crippen molar-refractivity contribution in [3.63, 3.8) is 0 Å². The fourth-order valence-corrected chi connectivity index (χ4v) is 2.46. The predicted molar refractivity (Wildman–Crippen MR) is 73.3 cm³/mol. The third kappa shape index (κ3) is 5.19. The Morgan fingerprint density at radius 1 is 1.59 bits per heavy atom. The van der Waals surface area contributed by atoms with Crippen LogP contribution in [0, 0.1) is 0 Å². The van der Waals surface area contributed by atoms with Crippen LogP contribution in [0.15, 0.2) is 0 Å². The summed E-state index contributed by atoms with van der Waals surface area (Å²) in [5.41, 5.74) is 0. The molecule has 0 aromatic heterocycles. The van der Waals surface area contributed by atoms with E-state index in [4.69, 9.17) is 21.7 Å². The first-order valence-corrected chi connectivity index (χ1v) is 6.74. The van der Waals surface area contributed by atoms with Gasteiger partial charge in [0.1, 0.15) is 0 Å². The number of rotatable bonds is 5. The fraction of sp³-hybridized carbons (Fsp3) is 0.917. The summed E-state index contributed by atoms with van der Waals surface area (Å²) in [6.07, 6.45) is 2.61. The topological polar surface area (TPSA) is 33.7 Å². The lowest BCUT2D eigenvalue weighted by Gasteiger charge is -2.35. The van der Waals surface area contributed by atoms with Crippen molar-refractivity contribution in [1.29, 1.82) is 0 Å². The Balaban J connectivity index is 2.35. The maximum absolute atomic E-state index is 5.66. The average molecular weight is 260 g/mol. The van der Waals surface area contributed by atoms with Crippen LogP contribution in [-0.4, -0.2) is 55.6 Å². The van der Waals surface area contributed by atoms with Gasteiger partial charge in [0.15, 0.2) is 5.11 Å². The highest BCUT2D eigenvalue weighted by Crippen LogP contribution is 2.13. The van der Waals surface area contributed by atoms with Crippen LogP contribution in [0.25, 0.3) is 0 Å². The summed E-state index contributed by atoms with van der Waals surface area (Å²) < 4.78 is 10.7. The summed E-state index contributed by atoms with van der Waals surface area (Å²) in [5, 5.41) is 4.11. The molecule has 0 radical (unpaired) electrons.